The first kappa shape index (κ1) is 14.0. The molecule has 1 heterocycles. The number of fused-ring (bicyclic) bond motifs is 1. The minimum absolute atomic E-state index is 0.393. The Balaban J connectivity index is 2.17. The van der Waals surface area contributed by atoms with Gasteiger partial charge in [-0.2, -0.15) is 0 Å². The Bertz CT molecular complexity index is 513. The average molecular weight is 258 g/mol. The summed E-state index contributed by atoms with van der Waals surface area (Å²) in [6.07, 6.45) is 4.00. The molecule has 1 N–H and O–H groups in total. The third-order valence-electron chi connectivity index (χ3n) is 3.32. The van der Waals surface area contributed by atoms with Crippen molar-refractivity contribution >= 4 is 10.9 Å². The molecule has 0 spiro atoms. The summed E-state index contributed by atoms with van der Waals surface area (Å²) in [7, 11) is 1.75. The Kier molecular flexibility index (Phi) is 5.31. The number of ether oxygens (including phenoxy) is 1. The summed E-state index contributed by atoms with van der Waals surface area (Å²) in [4.78, 5) is 4.36. The van der Waals surface area contributed by atoms with Crippen molar-refractivity contribution in [2.45, 2.75) is 25.8 Å². The van der Waals surface area contributed by atoms with Crippen LogP contribution >= 0.6 is 0 Å². The largest absolute Gasteiger partial charge is 0.385 e. The van der Waals surface area contributed by atoms with E-state index in [1.165, 1.54) is 10.9 Å². The van der Waals surface area contributed by atoms with Gasteiger partial charge in [0.2, 0.25) is 0 Å². The van der Waals surface area contributed by atoms with Crippen LogP contribution in [0.5, 0.6) is 0 Å². The summed E-state index contributed by atoms with van der Waals surface area (Å²) in [5.41, 5.74) is 2.39. The first-order chi connectivity index (χ1) is 9.35. The van der Waals surface area contributed by atoms with E-state index in [0.717, 1.165) is 31.5 Å². The number of rotatable bonds is 7. The summed E-state index contributed by atoms with van der Waals surface area (Å²) in [6.45, 7) is 3.94. The Hall–Kier alpha value is -1.45. The van der Waals surface area contributed by atoms with Gasteiger partial charge in [0.25, 0.3) is 0 Å². The van der Waals surface area contributed by atoms with Gasteiger partial charge in [0.15, 0.2) is 0 Å². The molecular formula is C16H22N2O. The highest BCUT2D eigenvalue weighted by Crippen LogP contribution is 2.22. The molecule has 2 aromatic rings. The van der Waals surface area contributed by atoms with E-state index in [9.17, 15) is 0 Å². The molecule has 0 saturated carbocycles. The zero-order valence-corrected chi connectivity index (χ0v) is 11.7. The van der Waals surface area contributed by atoms with Crippen LogP contribution < -0.4 is 5.32 Å². The number of hydrogen-bond donors (Lipinski definition) is 1. The van der Waals surface area contributed by atoms with Crippen LogP contribution in [0.1, 0.15) is 31.4 Å². The van der Waals surface area contributed by atoms with Crippen molar-refractivity contribution in [1.29, 1.82) is 0 Å². The van der Waals surface area contributed by atoms with Crippen molar-refractivity contribution < 1.29 is 4.74 Å². The lowest BCUT2D eigenvalue weighted by Gasteiger charge is -2.18. The normalized spacial score (nSPS) is 12.7. The van der Waals surface area contributed by atoms with E-state index < -0.39 is 0 Å². The molecule has 102 valence electrons. The minimum atomic E-state index is 0.393. The van der Waals surface area contributed by atoms with Gasteiger partial charge in [0.05, 0.1) is 5.52 Å². The fraction of sp³-hybridized carbons (Fsp3) is 0.438. The lowest BCUT2D eigenvalue weighted by Crippen LogP contribution is -2.21. The van der Waals surface area contributed by atoms with Crippen LogP contribution in [0.4, 0.5) is 0 Å². The van der Waals surface area contributed by atoms with Crippen molar-refractivity contribution in [2.24, 2.45) is 0 Å². The topological polar surface area (TPSA) is 34.1 Å². The molecule has 0 aliphatic heterocycles. The van der Waals surface area contributed by atoms with Crippen molar-refractivity contribution in [3.05, 3.63) is 42.1 Å². The number of methoxy groups -OCH3 is 1. The fourth-order valence-corrected chi connectivity index (χ4v) is 2.38. The maximum absolute atomic E-state index is 5.14. The lowest BCUT2D eigenvalue weighted by atomic mass is 10.00. The van der Waals surface area contributed by atoms with E-state index >= 15 is 0 Å². The van der Waals surface area contributed by atoms with E-state index in [-0.39, 0.29) is 0 Å². The van der Waals surface area contributed by atoms with E-state index in [1.807, 2.05) is 12.3 Å². The molecule has 0 bridgehead atoms. The van der Waals surface area contributed by atoms with Gasteiger partial charge >= 0.3 is 0 Å². The molecule has 3 heteroatoms. The molecule has 1 unspecified atom stereocenters. The molecule has 0 fully saturated rings. The predicted molar refractivity (Wildman–Crippen MR) is 79.3 cm³/mol. The molecule has 1 atom stereocenters. The smallest absolute Gasteiger partial charge is 0.0702 e. The molecule has 1 aromatic heterocycles. The number of pyridine rings is 1. The molecule has 0 aliphatic rings. The van der Waals surface area contributed by atoms with Gasteiger partial charge in [0.1, 0.15) is 0 Å². The molecule has 0 aliphatic carbocycles. The van der Waals surface area contributed by atoms with Gasteiger partial charge in [-0.1, -0.05) is 19.1 Å². The van der Waals surface area contributed by atoms with E-state index in [1.54, 1.807) is 7.11 Å². The first-order valence-corrected chi connectivity index (χ1v) is 6.92. The van der Waals surface area contributed by atoms with Crippen LogP contribution in [0.2, 0.25) is 0 Å². The monoisotopic (exact) mass is 258 g/mol. The maximum Gasteiger partial charge on any atom is 0.0702 e. The molecule has 1 aromatic carbocycles. The van der Waals surface area contributed by atoms with Gasteiger partial charge in [0, 0.05) is 31.3 Å². The van der Waals surface area contributed by atoms with E-state index in [2.05, 4.69) is 41.5 Å². The van der Waals surface area contributed by atoms with Crippen molar-refractivity contribution in [3.8, 4) is 0 Å². The number of benzene rings is 1. The summed E-state index contributed by atoms with van der Waals surface area (Å²) >= 11 is 0. The zero-order valence-electron chi connectivity index (χ0n) is 11.7. The Morgan fingerprint density at radius 2 is 2.21 bits per heavy atom. The number of nitrogens with one attached hydrogen (secondary N) is 1. The van der Waals surface area contributed by atoms with Crippen LogP contribution in [-0.2, 0) is 4.74 Å². The molecule has 0 amide bonds. The van der Waals surface area contributed by atoms with Gasteiger partial charge < -0.3 is 10.1 Å². The van der Waals surface area contributed by atoms with Crippen LogP contribution in [0.25, 0.3) is 10.9 Å². The zero-order chi connectivity index (χ0) is 13.5. The van der Waals surface area contributed by atoms with Gasteiger partial charge in [-0.15, -0.1) is 0 Å². The van der Waals surface area contributed by atoms with Gasteiger partial charge in [-0.25, -0.2) is 0 Å². The SMILES string of the molecule is CCNC(CCCOC)c1ccc2ncccc2c1. The Labute approximate surface area is 115 Å². The summed E-state index contributed by atoms with van der Waals surface area (Å²) in [5, 5.41) is 4.75. The van der Waals surface area contributed by atoms with E-state index in [0.29, 0.717) is 6.04 Å². The van der Waals surface area contributed by atoms with Gasteiger partial charge in [-0.05, 0) is 43.1 Å². The molecule has 0 radical (unpaired) electrons. The number of hydrogen-bond acceptors (Lipinski definition) is 3. The highest BCUT2D eigenvalue weighted by atomic mass is 16.5. The highest BCUT2D eigenvalue weighted by molar-refractivity contribution is 5.79. The summed E-state index contributed by atoms with van der Waals surface area (Å²) in [5.74, 6) is 0. The fourth-order valence-electron chi connectivity index (χ4n) is 2.38. The number of aromatic nitrogens is 1. The van der Waals surface area contributed by atoms with Crippen LogP contribution in [0.3, 0.4) is 0 Å². The lowest BCUT2D eigenvalue weighted by molar-refractivity contribution is 0.189. The molecular weight excluding hydrogens is 236 g/mol. The average Bonchev–Trinajstić information content (AvgIpc) is 2.46. The number of nitrogens with zero attached hydrogens (tertiary/aromatic N) is 1. The first-order valence-electron chi connectivity index (χ1n) is 6.92. The standard InChI is InChI=1S/C16H22N2O/c1-3-17-15(7-5-11-19-2)14-8-9-16-13(12-14)6-4-10-18-16/h4,6,8-10,12,15,17H,3,5,7,11H2,1-2H3. The highest BCUT2D eigenvalue weighted by Gasteiger charge is 2.10. The third kappa shape index (κ3) is 3.75. The van der Waals surface area contributed by atoms with Gasteiger partial charge in [-0.3, -0.25) is 4.98 Å². The second-order valence-electron chi connectivity index (χ2n) is 4.70. The second kappa shape index (κ2) is 7.22. The summed E-state index contributed by atoms with van der Waals surface area (Å²) < 4.78 is 5.14. The van der Waals surface area contributed by atoms with E-state index in [4.69, 9.17) is 4.74 Å². The van der Waals surface area contributed by atoms with Crippen molar-refractivity contribution in [3.63, 3.8) is 0 Å². The van der Waals surface area contributed by atoms with Crippen LogP contribution in [0.15, 0.2) is 36.5 Å². The molecule has 19 heavy (non-hydrogen) atoms. The van der Waals surface area contributed by atoms with Crippen LogP contribution in [0, 0.1) is 0 Å². The Morgan fingerprint density at radius 3 is 3.00 bits per heavy atom. The third-order valence-corrected chi connectivity index (χ3v) is 3.32. The quantitative estimate of drug-likeness (QED) is 0.774. The summed E-state index contributed by atoms with van der Waals surface area (Å²) in [6, 6.07) is 11.0. The maximum atomic E-state index is 5.14. The predicted octanol–water partition coefficient (Wildman–Crippen LogP) is 3.31. The van der Waals surface area contributed by atoms with Crippen molar-refractivity contribution in [2.75, 3.05) is 20.3 Å². The van der Waals surface area contributed by atoms with Crippen molar-refractivity contribution in [1.82, 2.24) is 10.3 Å². The molecule has 2 rings (SSSR count). The minimum Gasteiger partial charge on any atom is -0.385 e. The van der Waals surface area contributed by atoms with Crippen LogP contribution in [-0.4, -0.2) is 25.2 Å². The molecule has 3 nitrogen and oxygen atoms in total. The molecule has 0 saturated heterocycles. The second-order valence-corrected chi connectivity index (χ2v) is 4.70. The Morgan fingerprint density at radius 1 is 1.32 bits per heavy atom.